The van der Waals surface area contributed by atoms with Crippen LogP contribution in [0.15, 0.2) is 0 Å². The molecule has 6 nitrogen and oxygen atoms in total. The molecule has 0 aromatic rings. The predicted octanol–water partition coefficient (Wildman–Crippen LogP) is -0.982. The van der Waals surface area contributed by atoms with Crippen LogP contribution in [0.4, 0.5) is 0 Å². The summed E-state index contributed by atoms with van der Waals surface area (Å²) in [5.74, 6) is 0. The Hall–Kier alpha value is 0.0300. The minimum atomic E-state index is -4.21. The number of phosphoric acid groups is 1. The lowest BCUT2D eigenvalue weighted by atomic mass is 10.1. The summed E-state index contributed by atoms with van der Waals surface area (Å²) in [6, 6.07) is 0. The van der Waals surface area contributed by atoms with E-state index in [1.54, 1.807) is 6.92 Å². The van der Waals surface area contributed by atoms with Crippen molar-refractivity contribution in [3.63, 3.8) is 0 Å². The highest BCUT2D eigenvalue weighted by Crippen LogP contribution is 2.47. The Balaban J connectivity index is 2.14. The van der Waals surface area contributed by atoms with Gasteiger partial charge in [0.05, 0.1) is 12.7 Å². The molecule has 0 aromatic carbocycles. The van der Waals surface area contributed by atoms with Crippen LogP contribution in [0.5, 0.6) is 0 Å². The van der Waals surface area contributed by atoms with E-state index in [1.807, 2.05) is 0 Å². The van der Waals surface area contributed by atoms with E-state index in [2.05, 4.69) is 9.05 Å². The van der Waals surface area contributed by atoms with E-state index in [1.165, 1.54) is 0 Å². The van der Waals surface area contributed by atoms with Crippen LogP contribution in [0.3, 0.4) is 0 Å². The third-order valence-corrected chi connectivity index (χ3v) is 3.19. The highest BCUT2D eigenvalue weighted by atomic mass is 31.2. The van der Waals surface area contributed by atoms with Crippen LogP contribution in [0.1, 0.15) is 6.92 Å². The molecule has 5 atom stereocenters. The first-order chi connectivity index (χ1) is 5.99. The van der Waals surface area contributed by atoms with Crippen molar-refractivity contribution in [2.45, 2.75) is 31.3 Å². The monoisotopic (exact) mass is 209 g/mol. The molecule has 2 saturated heterocycles. The second kappa shape index (κ2) is 3.02. The van der Waals surface area contributed by atoms with E-state index < -0.39 is 32.2 Å². The molecule has 13 heavy (non-hydrogen) atoms. The van der Waals surface area contributed by atoms with Crippen molar-refractivity contribution < 1.29 is 28.3 Å². The van der Waals surface area contributed by atoms with Crippen LogP contribution < -0.4 is 4.89 Å². The van der Waals surface area contributed by atoms with Crippen molar-refractivity contribution in [2.75, 3.05) is 6.61 Å². The average Bonchev–Trinajstić information content (AvgIpc) is 2.29. The van der Waals surface area contributed by atoms with Crippen LogP contribution in [-0.4, -0.2) is 36.1 Å². The zero-order valence-electron chi connectivity index (χ0n) is 6.95. The molecule has 0 aromatic heterocycles. The number of aliphatic hydroxyl groups is 1. The predicted molar refractivity (Wildman–Crippen MR) is 38.8 cm³/mol. The summed E-state index contributed by atoms with van der Waals surface area (Å²) < 4.78 is 25.1. The van der Waals surface area contributed by atoms with Gasteiger partial charge in [-0.2, -0.15) is 0 Å². The van der Waals surface area contributed by atoms with Gasteiger partial charge in [-0.15, -0.1) is 0 Å². The lowest BCUT2D eigenvalue weighted by molar-refractivity contribution is -0.245. The molecule has 76 valence electrons. The van der Waals surface area contributed by atoms with E-state index >= 15 is 0 Å². The Bertz CT molecular complexity index is 256. The molecule has 0 aliphatic carbocycles. The molecule has 0 bridgehead atoms. The first-order valence-corrected chi connectivity index (χ1v) is 5.43. The van der Waals surface area contributed by atoms with Crippen molar-refractivity contribution in [3.8, 4) is 0 Å². The second-order valence-corrected chi connectivity index (χ2v) is 4.55. The zero-order chi connectivity index (χ0) is 9.64. The molecule has 2 aliphatic heterocycles. The van der Waals surface area contributed by atoms with Gasteiger partial charge in [-0.05, 0) is 6.92 Å². The second-order valence-electron chi connectivity index (χ2n) is 3.18. The van der Waals surface area contributed by atoms with Crippen molar-refractivity contribution in [2.24, 2.45) is 0 Å². The van der Waals surface area contributed by atoms with Crippen molar-refractivity contribution in [3.05, 3.63) is 0 Å². The van der Waals surface area contributed by atoms with Gasteiger partial charge < -0.3 is 23.8 Å². The van der Waals surface area contributed by atoms with Crippen LogP contribution >= 0.6 is 7.82 Å². The molecule has 0 saturated carbocycles. The van der Waals surface area contributed by atoms with Gasteiger partial charge in [0, 0.05) is 0 Å². The van der Waals surface area contributed by atoms with E-state index in [4.69, 9.17) is 4.74 Å². The van der Waals surface area contributed by atoms with Crippen LogP contribution in [0.2, 0.25) is 0 Å². The highest BCUT2D eigenvalue weighted by Gasteiger charge is 2.47. The van der Waals surface area contributed by atoms with Crippen molar-refractivity contribution >= 4 is 7.82 Å². The Morgan fingerprint density at radius 1 is 1.62 bits per heavy atom. The molecule has 2 heterocycles. The number of phosphoric ester groups is 1. The number of ether oxygens (including phenoxy) is 1. The maximum Gasteiger partial charge on any atom is 0.268 e. The zero-order valence-corrected chi connectivity index (χ0v) is 7.85. The van der Waals surface area contributed by atoms with Gasteiger partial charge in [0.1, 0.15) is 18.3 Å². The molecular weight excluding hydrogens is 199 g/mol. The maximum absolute atomic E-state index is 10.9. The molecule has 2 rings (SSSR count). The third-order valence-electron chi connectivity index (χ3n) is 2.22. The minimum Gasteiger partial charge on any atom is -0.756 e. The summed E-state index contributed by atoms with van der Waals surface area (Å²) >= 11 is 0. The number of aliphatic hydroxyl groups excluding tert-OH is 1. The van der Waals surface area contributed by atoms with Crippen LogP contribution in [-0.2, 0) is 18.3 Å². The summed E-state index contributed by atoms with van der Waals surface area (Å²) in [6.45, 7) is 1.58. The summed E-state index contributed by atoms with van der Waals surface area (Å²) in [5, 5.41) is 9.46. The maximum atomic E-state index is 10.9. The summed E-state index contributed by atoms with van der Waals surface area (Å²) in [7, 11) is -4.21. The van der Waals surface area contributed by atoms with Crippen LogP contribution in [0.25, 0.3) is 0 Å². The summed E-state index contributed by atoms with van der Waals surface area (Å²) in [5.41, 5.74) is 0. The fraction of sp³-hybridized carbons (Fsp3) is 1.00. The van der Waals surface area contributed by atoms with Crippen molar-refractivity contribution in [1.29, 1.82) is 0 Å². The van der Waals surface area contributed by atoms with E-state index in [-0.39, 0.29) is 6.61 Å². The molecule has 0 amide bonds. The SMILES string of the molecule is C[C@@H]1O[C@@H]2COP(=O)([O-])O[C@@H]2C1O. The molecule has 2 aliphatic rings. The van der Waals surface area contributed by atoms with E-state index in [0.717, 1.165) is 0 Å². The number of fused-ring (bicyclic) bond motifs is 1. The highest BCUT2D eigenvalue weighted by molar-refractivity contribution is 7.45. The van der Waals surface area contributed by atoms with Gasteiger partial charge in [0.2, 0.25) is 0 Å². The van der Waals surface area contributed by atoms with Gasteiger partial charge in [-0.1, -0.05) is 0 Å². The largest absolute Gasteiger partial charge is 0.756 e. The Kier molecular flexibility index (Phi) is 2.22. The molecule has 1 N–H and O–H groups in total. The molecule has 2 unspecified atom stereocenters. The van der Waals surface area contributed by atoms with Crippen LogP contribution in [0, 0.1) is 0 Å². The third kappa shape index (κ3) is 1.66. The quantitative estimate of drug-likeness (QED) is 0.516. The number of hydrogen-bond donors (Lipinski definition) is 1. The summed E-state index contributed by atoms with van der Waals surface area (Å²) in [6.07, 6.45) is -2.62. The van der Waals surface area contributed by atoms with E-state index in [0.29, 0.717) is 0 Å². The first kappa shape index (κ1) is 9.58. The van der Waals surface area contributed by atoms with E-state index in [9.17, 15) is 14.6 Å². The lowest BCUT2D eigenvalue weighted by Gasteiger charge is -2.34. The van der Waals surface area contributed by atoms with Gasteiger partial charge in [0.25, 0.3) is 7.82 Å². The number of hydrogen-bond acceptors (Lipinski definition) is 6. The Labute approximate surface area is 75.0 Å². The summed E-state index contributed by atoms with van der Waals surface area (Å²) in [4.78, 5) is 10.9. The standard InChI is InChI=1S/C6H11O6P/c1-3-5(7)6-4(11-3)2-10-13(8,9)12-6/h3-7H,2H2,1H3,(H,8,9)/p-1/t3-,4+,5?,6-/m0/s1. The van der Waals surface area contributed by atoms with Gasteiger partial charge in [-0.25, -0.2) is 0 Å². The normalized spacial score (nSPS) is 56.2. The lowest BCUT2D eigenvalue weighted by Crippen LogP contribution is -2.41. The fourth-order valence-corrected chi connectivity index (χ4v) is 2.48. The average molecular weight is 209 g/mol. The molecule has 7 heteroatoms. The van der Waals surface area contributed by atoms with Gasteiger partial charge in [-0.3, -0.25) is 4.57 Å². The molecule has 0 radical (unpaired) electrons. The Morgan fingerprint density at radius 3 is 3.00 bits per heavy atom. The van der Waals surface area contributed by atoms with Gasteiger partial charge >= 0.3 is 0 Å². The topological polar surface area (TPSA) is 88.1 Å². The molecule has 0 spiro atoms. The van der Waals surface area contributed by atoms with Gasteiger partial charge in [0.15, 0.2) is 0 Å². The number of rotatable bonds is 0. The first-order valence-electron chi connectivity index (χ1n) is 3.97. The van der Waals surface area contributed by atoms with Crippen molar-refractivity contribution in [1.82, 2.24) is 0 Å². The Morgan fingerprint density at radius 2 is 2.31 bits per heavy atom. The fourth-order valence-electron chi connectivity index (χ4n) is 1.53. The smallest absolute Gasteiger partial charge is 0.268 e. The molecular formula is C6H10O6P-. The minimum absolute atomic E-state index is 0.0765. The molecule has 2 fully saturated rings.